The van der Waals surface area contributed by atoms with Crippen LogP contribution in [0.4, 0.5) is 0 Å². The van der Waals surface area contributed by atoms with Crippen molar-refractivity contribution in [3.05, 3.63) is 29.3 Å². The minimum Gasteiger partial charge on any atom is -0.497 e. The summed E-state index contributed by atoms with van der Waals surface area (Å²) < 4.78 is 5.14. The third-order valence-corrected chi connectivity index (χ3v) is 3.30. The second-order valence-corrected chi connectivity index (χ2v) is 4.56. The number of carbonyl (C=O) groups is 2. The molecule has 0 bridgehead atoms. The summed E-state index contributed by atoms with van der Waals surface area (Å²) in [6.45, 7) is 0.855. The van der Waals surface area contributed by atoms with E-state index >= 15 is 0 Å². The van der Waals surface area contributed by atoms with Gasteiger partial charge in [-0.3, -0.25) is 9.59 Å². The first kappa shape index (κ1) is 13.4. The van der Waals surface area contributed by atoms with Crippen molar-refractivity contribution in [2.45, 2.75) is 19.3 Å². The number of carbonyl (C=O) groups excluding carboxylic acids is 1. The Labute approximate surface area is 111 Å². The Bertz CT molecular complexity index is 498. The Hall–Kier alpha value is -2.04. The largest absolute Gasteiger partial charge is 0.497 e. The van der Waals surface area contributed by atoms with Crippen molar-refractivity contribution in [1.82, 2.24) is 4.90 Å². The minimum atomic E-state index is -0.886. The lowest BCUT2D eigenvalue weighted by atomic mass is 10.0. The van der Waals surface area contributed by atoms with E-state index < -0.39 is 5.97 Å². The number of aryl methyl sites for hydroxylation is 1. The van der Waals surface area contributed by atoms with Gasteiger partial charge in [0.15, 0.2) is 0 Å². The van der Waals surface area contributed by atoms with E-state index in [0.29, 0.717) is 17.9 Å². The van der Waals surface area contributed by atoms with Crippen LogP contribution in [-0.4, -0.2) is 42.1 Å². The van der Waals surface area contributed by atoms with Gasteiger partial charge >= 0.3 is 5.97 Å². The number of benzene rings is 1. The quantitative estimate of drug-likeness (QED) is 0.895. The van der Waals surface area contributed by atoms with Crippen molar-refractivity contribution >= 4 is 11.9 Å². The third-order valence-electron chi connectivity index (χ3n) is 3.30. The normalized spacial score (nSPS) is 14.8. The average Bonchev–Trinajstić information content (AvgIpc) is 2.56. The van der Waals surface area contributed by atoms with E-state index in [4.69, 9.17) is 9.84 Å². The van der Waals surface area contributed by atoms with Gasteiger partial charge in [0.2, 0.25) is 0 Å². The van der Waals surface area contributed by atoms with Crippen LogP contribution in [0, 0.1) is 0 Å². The van der Waals surface area contributed by atoms with E-state index in [1.807, 2.05) is 12.1 Å². The molecule has 0 saturated carbocycles. The highest BCUT2D eigenvalue weighted by molar-refractivity contribution is 5.96. The fraction of sp³-hybridized carbons (Fsp3) is 0.429. The van der Waals surface area contributed by atoms with Crippen molar-refractivity contribution in [3.63, 3.8) is 0 Å². The number of methoxy groups -OCH3 is 1. The number of hydrogen-bond donors (Lipinski definition) is 1. The lowest BCUT2D eigenvalue weighted by Crippen LogP contribution is -2.33. The van der Waals surface area contributed by atoms with Gasteiger partial charge in [-0.05, 0) is 30.5 Å². The molecule has 0 fully saturated rings. The Morgan fingerprint density at radius 2 is 2.26 bits per heavy atom. The summed E-state index contributed by atoms with van der Waals surface area (Å²) >= 11 is 0. The van der Waals surface area contributed by atoms with Gasteiger partial charge in [-0.15, -0.1) is 0 Å². The minimum absolute atomic E-state index is 0.0228. The molecule has 1 aromatic rings. The highest BCUT2D eigenvalue weighted by atomic mass is 16.5. The Morgan fingerprint density at radius 3 is 2.95 bits per heavy atom. The monoisotopic (exact) mass is 263 g/mol. The number of carboxylic acids is 1. The number of carboxylic acid groups (broad SMARTS) is 1. The van der Waals surface area contributed by atoms with E-state index in [9.17, 15) is 9.59 Å². The Kier molecular flexibility index (Phi) is 4.04. The molecular weight excluding hydrogens is 246 g/mol. The molecule has 0 unspecified atom stereocenters. The average molecular weight is 263 g/mol. The van der Waals surface area contributed by atoms with Crippen LogP contribution >= 0.6 is 0 Å². The van der Waals surface area contributed by atoms with Crippen molar-refractivity contribution < 1.29 is 19.4 Å². The molecule has 0 aliphatic carbocycles. The van der Waals surface area contributed by atoms with E-state index in [1.165, 1.54) is 0 Å². The fourth-order valence-corrected chi connectivity index (χ4v) is 2.28. The molecular formula is C14H17NO4. The molecule has 102 valence electrons. The van der Waals surface area contributed by atoms with E-state index in [0.717, 1.165) is 18.4 Å². The number of nitrogens with zero attached hydrogens (tertiary/aromatic N) is 1. The molecule has 1 aliphatic heterocycles. The zero-order valence-electron chi connectivity index (χ0n) is 10.9. The summed E-state index contributed by atoms with van der Waals surface area (Å²) in [6.07, 6.45) is 1.66. The Morgan fingerprint density at radius 1 is 1.47 bits per heavy atom. The number of amides is 1. The number of ether oxygens (including phenoxy) is 1. The highest BCUT2D eigenvalue weighted by Gasteiger charge is 2.23. The lowest BCUT2D eigenvalue weighted by molar-refractivity contribution is -0.137. The molecule has 0 spiro atoms. The van der Waals surface area contributed by atoms with E-state index in [2.05, 4.69) is 0 Å². The molecule has 1 amide bonds. The van der Waals surface area contributed by atoms with Crippen LogP contribution in [0.3, 0.4) is 0 Å². The van der Waals surface area contributed by atoms with Gasteiger partial charge in [0.25, 0.3) is 5.91 Å². The first-order valence-electron chi connectivity index (χ1n) is 6.30. The number of hydrogen-bond acceptors (Lipinski definition) is 3. The zero-order valence-corrected chi connectivity index (χ0v) is 10.9. The predicted molar refractivity (Wildman–Crippen MR) is 69.5 cm³/mol. The lowest BCUT2D eigenvalue weighted by Gasteiger charge is -2.20. The van der Waals surface area contributed by atoms with Crippen molar-refractivity contribution in [2.24, 2.45) is 0 Å². The number of fused-ring (bicyclic) bond motifs is 1. The SMILES string of the molecule is COc1ccc2c(c1)C(=O)N(CCC(=O)O)CCC2. The fourth-order valence-electron chi connectivity index (χ4n) is 2.28. The Balaban J connectivity index is 2.24. The maximum Gasteiger partial charge on any atom is 0.305 e. The number of rotatable bonds is 4. The van der Waals surface area contributed by atoms with Crippen LogP contribution in [0.25, 0.3) is 0 Å². The second-order valence-electron chi connectivity index (χ2n) is 4.56. The number of aliphatic carboxylic acids is 1. The first-order chi connectivity index (χ1) is 9.11. The maximum atomic E-state index is 12.4. The predicted octanol–water partition coefficient (Wildman–Crippen LogP) is 1.56. The van der Waals surface area contributed by atoms with Crippen LogP contribution < -0.4 is 4.74 Å². The molecule has 0 saturated heterocycles. The molecule has 2 rings (SSSR count). The third kappa shape index (κ3) is 3.05. The van der Waals surface area contributed by atoms with Crippen molar-refractivity contribution in [1.29, 1.82) is 0 Å². The van der Waals surface area contributed by atoms with Crippen LogP contribution in [0.1, 0.15) is 28.8 Å². The first-order valence-corrected chi connectivity index (χ1v) is 6.30. The van der Waals surface area contributed by atoms with Crippen molar-refractivity contribution in [2.75, 3.05) is 20.2 Å². The smallest absolute Gasteiger partial charge is 0.305 e. The van der Waals surface area contributed by atoms with Gasteiger partial charge in [0.1, 0.15) is 5.75 Å². The molecule has 1 aliphatic rings. The summed E-state index contributed by atoms with van der Waals surface area (Å²) in [6, 6.07) is 5.49. The molecule has 19 heavy (non-hydrogen) atoms. The topological polar surface area (TPSA) is 66.8 Å². The summed E-state index contributed by atoms with van der Waals surface area (Å²) in [5.74, 6) is -0.345. The maximum absolute atomic E-state index is 12.4. The van der Waals surface area contributed by atoms with Crippen LogP contribution in [0.15, 0.2) is 18.2 Å². The van der Waals surface area contributed by atoms with Gasteiger partial charge in [0, 0.05) is 18.7 Å². The molecule has 5 heteroatoms. The molecule has 5 nitrogen and oxygen atoms in total. The summed E-state index contributed by atoms with van der Waals surface area (Å²) in [4.78, 5) is 24.6. The second kappa shape index (κ2) is 5.73. The van der Waals surface area contributed by atoms with Crippen LogP contribution in [-0.2, 0) is 11.2 Å². The van der Waals surface area contributed by atoms with E-state index in [-0.39, 0.29) is 18.9 Å². The van der Waals surface area contributed by atoms with E-state index in [1.54, 1.807) is 18.1 Å². The van der Waals surface area contributed by atoms with Gasteiger partial charge in [-0.1, -0.05) is 6.07 Å². The summed E-state index contributed by atoms with van der Waals surface area (Å²) in [7, 11) is 1.56. The van der Waals surface area contributed by atoms with Gasteiger partial charge in [-0.25, -0.2) is 0 Å². The molecule has 1 aromatic carbocycles. The van der Waals surface area contributed by atoms with Crippen LogP contribution in [0.2, 0.25) is 0 Å². The van der Waals surface area contributed by atoms with Crippen molar-refractivity contribution in [3.8, 4) is 5.75 Å². The molecule has 0 radical (unpaired) electrons. The highest BCUT2D eigenvalue weighted by Crippen LogP contribution is 2.23. The molecule has 0 aromatic heterocycles. The van der Waals surface area contributed by atoms with Gasteiger partial charge in [-0.2, -0.15) is 0 Å². The van der Waals surface area contributed by atoms with Crippen LogP contribution in [0.5, 0.6) is 5.75 Å². The zero-order chi connectivity index (χ0) is 13.8. The van der Waals surface area contributed by atoms with Gasteiger partial charge < -0.3 is 14.7 Å². The summed E-state index contributed by atoms with van der Waals surface area (Å²) in [5, 5.41) is 8.72. The van der Waals surface area contributed by atoms with Gasteiger partial charge in [0.05, 0.1) is 13.5 Å². The molecule has 1 N–H and O–H groups in total. The standard InChI is InChI=1S/C14H17NO4/c1-19-11-5-4-10-3-2-7-15(8-6-13(16)17)14(18)12(10)9-11/h4-5,9H,2-3,6-8H2,1H3,(H,16,17). The molecule has 1 heterocycles. The molecule has 0 atom stereocenters. The summed E-state index contributed by atoms with van der Waals surface area (Å²) in [5.41, 5.74) is 1.63.